The van der Waals surface area contributed by atoms with Crippen LogP contribution < -0.4 is 0 Å². The Bertz CT molecular complexity index is 1340. The van der Waals surface area contributed by atoms with Gasteiger partial charge in [0.2, 0.25) is 0 Å². The molecule has 3 fully saturated rings. The Morgan fingerprint density at radius 2 is 1.56 bits per heavy atom. The number of benzene rings is 1. The lowest BCUT2D eigenvalue weighted by Crippen LogP contribution is -2.52. The molecule has 0 saturated heterocycles. The SMILES string of the molecule is CCC(C)(C)CN(CC(=O)c1c(Cl)cc(Cl)cc1Cl)C(=O)c1cnn(C23CCC(C(=O)O)(CC2)CC3)c1C(F)(F)F. The van der Waals surface area contributed by atoms with E-state index in [2.05, 4.69) is 5.10 Å². The summed E-state index contributed by atoms with van der Waals surface area (Å²) in [7, 11) is 0. The van der Waals surface area contributed by atoms with Crippen LogP contribution in [0.25, 0.3) is 0 Å². The maximum atomic E-state index is 14.7. The van der Waals surface area contributed by atoms with Gasteiger partial charge in [0.1, 0.15) is 0 Å². The molecule has 0 radical (unpaired) electrons. The number of nitrogens with zero attached hydrogens (tertiary/aromatic N) is 3. The largest absolute Gasteiger partial charge is 0.481 e. The smallest absolute Gasteiger partial charge is 0.433 e. The van der Waals surface area contributed by atoms with E-state index in [1.165, 1.54) is 12.1 Å². The molecule has 3 aliphatic rings. The van der Waals surface area contributed by atoms with Crippen LogP contribution in [0.4, 0.5) is 13.2 Å². The van der Waals surface area contributed by atoms with Crippen LogP contribution in [0, 0.1) is 10.8 Å². The number of alkyl halides is 3. The van der Waals surface area contributed by atoms with Crippen molar-refractivity contribution in [3.05, 3.63) is 50.2 Å². The number of fused-ring (bicyclic) bond motifs is 3. The van der Waals surface area contributed by atoms with E-state index >= 15 is 0 Å². The Morgan fingerprint density at radius 1 is 1.02 bits per heavy atom. The molecule has 41 heavy (non-hydrogen) atoms. The van der Waals surface area contributed by atoms with Gasteiger partial charge in [0.05, 0.1) is 44.9 Å². The maximum absolute atomic E-state index is 14.7. The van der Waals surface area contributed by atoms with Gasteiger partial charge in [0.15, 0.2) is 11.5 Å². The summed E-state index contributed by atoms with van der Waals surface area (Å²) in [5, 5.41) is 13.9. The van der Waals surface area contributed by atoms with E-state index in [-0.39, 0.29) is 65.7 Å². The Labute approximate surface area is 250 Å². The first-order valence-electron chi connectivity index (χ1n) is 13.3. The first-order valence-corrected chi connectivity index (χ1v) is 14.4. The number of rotatable bonds is 9. The average molecular weight is 637 g/mol. The van der Waals surface area contributed by atoms with Crippen LogP contribution in [0.5, 0.6) is 0 Å². The highest BCUT2D eigenvalue weighted by atomic mass is 35.5. The molecule has 224 valence electrons. The number of amides is 1. The van der Waals surface area contributed by atoms with Crippen molar-refractivity contribution in [2.45, 2.75) is 77.4 Å². The minimum Gasteiger partial charge on any atom is -0.481 e. The fourth-order valence-corrected chi connectivity index (χ4v) is 7.03. The fourth-order valence-electron chi connectivity index (χ4n) is 6.00. The van der Waals surface area contributed by atoms with Crippen LogP contribution in [0.15, 0.2) is 18.3 Å². The summed E-state index contributed by atoms with van der Waals surface area (Å²) in [4.78, 5) is 40.2. The molecule has 3 saturated carbocycles. The standard InChI is InChI=1S/C28H31Cl3F3N3O4/c1-4-25(2,3)15-36(14-20(38)21-18(30)11-16(29)12-19(21)31)23(39)17-13-35-37(22(17)28(32,33)34)27-8-5-26(6-9-27,7-10-27)24(40)41/h11-13H,4-10,14-15H2,1-3H3,(H,40,41). The number of carbonyl (C=O) groups excluding carboxylic acids is 2. The molecule has 1 aromatic carbocycles. The Balaban J connectivity index is 1.74. The lowest BCUT2D eigenvalue weighted by atomic mass is 9.57. The molecule has 0 atom stereocenters. The second-order valence-corrected chi connectivity index (χ2v) is 13.2. The molecule has 0 spiro atoms. The first-order chi connectivity index (χ1) is 19.0. The Hall–Kier alpha value is -2.30. The molecule has 0 unspecified atom stereocenters. The second-order valence-electron chi connectivity index (χ2n) is 12.0. The molecular formula is C28H31Cl3F3N3O4. The molecule has 13 heteroatoms. The van der Waals surface area contributed by atoms with Gasteiger partial charge in [0.25, 0.3) is 5.91 Å². The summed E-state index contributed by atoms with van der Waals surface area (Å²) in [6, 6.07) is 2.64. The lowest BCUT2D eigenvalue weighted by molar-refractivity contribution is -0.163. The van der Waals surface area contributed by atoms with Crippen LogP contribution in [0.2, 0.25) is 15.1 Å². The minimum atomic E-state index is -4.94. The number of ketones is 1. The highest BCUT2D eigenvalue weighted by Gasteiger charge is 2.56. The molecule has 5 rings (SSSR count). The second kappa shape index (κ2) is 11.1. The molecule has 0 aliphatic heterocycles. The zero-order chi connectivity index (χ0) is 30.5. The summed E-state index contributed by atoms with van der Waals surface area (Å²) in [6.45, 7) is 4.96. The zero-order valence-electron chi connectivity index (χ0n) is 22.9. The summed E-state index contributed by atoms with van der Waals surface area (Å²) >= 11 is 18.4. The zero-order valence-corrected chi connectivity index (χ0v) is 25.1. The number of aliphatic carboxylic acids is 1. The number of hydrogen-bond donors (Lipinski definition) is 1. The molecule has 2 aromatic rings. The highest BCUT2D eigenvalue weighted by Crippen LogP contribution is 2.56. The number of carboxylic acid groups (broad SMARTS) is 1. The number of carboxylic acids is 1. The van der Waals surface area contributed by atoms with Gasteiger partial charge in [0, 0.05) is 11.6 Å². The van der Waals surface area contributed by atoms with Gasteiger partial charge in [-0.05, 0) is 62.5 Å². The van der Waals surface area contributed by atoms with Crippen molar-refractivity contribution in [1.82, 2.24) is 14.7 Å². The highest BCUT2D eigenvalue weighted by molar-refractivity contribution is 6.42. The van der Waals surface area contributed by atoms with E-state index in [1.54, 1.807) is 0 Å². The van der Waals surface area contributed by atoms with Gasteiger partial charge in [-0.15, -0.1) is 0 Å². The summed E-state index contributed by atoms with van der Waals surface area (Å²) in [5.41, 5.74) is -4.46. The van der Waals surface area contributed by atoms with Crippen LogP contribution in [-0.2, 0) is 16.5 Å². The van der Waals surface area contributed by atoms with Crippen LogP contribution in [0.1, 0.15) is 92.1 Å². The first kappa shape index (κ1) is 31.6. The third kappa shape index (κ3) is 5.97. The third-order valence-corrected chi connectivity index (χ3v) is 9.68. The van der Waals surface area contributed by atoms with Crippen LogP contribution in [0.3, 0.4) is 0 Å². The topological polar surface area (TPSA) is 92.5 Å². The summed E-state index contributed by atoms with van der Waals surface area (Å²) in [6.07, 6.45) is -2.14. The van der Waals surface area contributed by atoms with Crippen molar-refractivity contribution < 1.29 is 32.7 Å². The average Bonchev–Trinajstić information content (AvgIpc) is 3.35. The van der Waals surface area contributed by atoms with Crippen molar-refractivity contribution in [3.63, 3.8) is 0 Å². The van der Waals surface area contributed by atoms with Crippen molar-refractivity contribution in [2.75, 3.05) is 13.1 Å². The van der Waals surface area contributed by atoms with Gasteiger partial charge < -0.3 is 10.0 Å². The predicted molar refractivity (Wildman–Crippen MR) is 149 cm³/mol. The quantitative estimate of drug-likeness (QED) is 0.284. The van der Waals surface area contributed by atoms with Crippen molar-refractivity contribution in [1.29, 1.82) is 0 Å². The molecule has 1 aromatic heterocycles. The molecule has 1 amide bonds. The van der Waals surface area contributed by atoms with E-state index in [9.17, 15) is 32.7 Å². The van der Waals surface area contributed by atoms with E-state index in [0.29, 0.717) is 6.42 Å². The molecular weight excluding hydrogens is 606 g/mol. The fraction of sp³-hybridized carbons (Fsp3) is 0.571. The summed E-state index contributed by atoms with van der Waals surface area (Å²) < 4.78 is 44.9. The van der Waals surface area contributed by atoms with E-state index < -0.39 is 58.0 Å². The van der Waals surface area contributed by atoms with Gasteiger partial charge >= 0.3 is 12.1 Å². The monoisotopic (exact) mass is 635 g/mol. The van der Waals surface area contributed by atoms with E-state index in [4.69, 9.17) is 34.8 Å². The number of aromatic nitrogens is 2. The van der Waals surface area contributed by atoms with E-state index in [1.807, 2.05) is 20.8 Å². The third-order valence-electron chi connectivity index (χ3n) is 8.86. The predicted octanol–water partition coefficient (Wildman–Crippen LogP) is 7.76. The van der Waals surface area contributed by atoms with Gasteiger partial charge in [-0.25, -0.2) is 0 Å². The Kier molecular flexibility index (Phi) is 8.55. The van der Waals surface area contributed by atoms with E-state index in [0.717, 1.165) is 15.8 Å². The lowest BCUT2D eigenvalue weighted by Gasteiger charge is -2.51. The van der Waals surface area contributed by atoms with Crippen molar-refractivity contribution in [2.24, 2.45) is 10.8 Å². The molecule has 7 nitrogen and oxygen atoms in total. The van der Waals surface area contributed by atoms with Gasteiger partial charge in [-0.1, -0.05) is 55.6 Å². The van der Waals surface area contributed by atoms with Gasteiger partial charge in [-0.3, -0.25) is 19.1 Å². The van der Waals surface area contributed by atoms with Crippen LogP contribution in [-0.4, -0.2) is 50.5 Å². The number of halogens is 6. The van der Waals surface area contributed by atoms with Crippen molar-refractivity contribution >= 4 is 52.5 Å². The summed E-state index contributed by atoms with van der Waals surface area (Å²) in [5.74, 6) is -2.58. The molecule has 2 bridgehead atoms. The van der Waals surface area contributed by atoms with Gasteiger partial charge in [-0.2, -0.15) is 18.3 Å². The number of carbonyl (C=O) groups is 3. The Morgan fingerprint density at radius 3 is 2.02 bits per heavy atom. The maximum Gasteiger partial charge on any atom is 0.433 e. The molecule has 1 N–H and O–H groups in total. The molecule has 1 heterocycles. The van der Waals surface area contributed by atoms with Crippen LogP contribution >= 0.6 is 34.8 Å². The van der Waals surface area contributed by atoms with Crippen molar-refractivity contribution in [3.8, 4) is 0 Å². The normalized spacial score (nSPS) is 22.6. The number of hydrogen-bond acceptors (Lipinski definition) is 4. The number of Topliss-reactive ketones (excluding diaryl/α,β-unsaturated/α-hetero) is 1. The molecule has 3 aliphatic carbocycles. The minimum absolute atomic E-state index is 0.0222.